The van der Waals surface area contributed by atoms with Crippen molar-refractivity contribution in [1.82, 2.24) is 9.80 Å². The van der Waals surface area contributed by atoms with Crippen molar-refractivity contribution in [3.8, 4) is 6.19 Å². The fourth-order valence-electron chi connectivity index (χ4n) is 0.965. The van der Waals surface area contributed by atoms with Gasteiger partial charge in [0.15, 0.2) is 6.19 Å². The molecule has 74 valence electrons. The molecule has 0 aromatic carbocycles. The third kappa shape index (κ3) is 4.36. The van der Waals surface area contributed by atoms with E-state index >= 15 is 0 Å². The van der Waals surface area contributed by atoms with Crippen LogP contribution in [0.1, 0.15) is 26.2 Å². The van der Waals surface area contributed by atoms with Crippen LogP contribution in [-0.2, 0) is 0 Å². The van der Waals surface area contributed by atoms with Gasteiger partial charge in [-0.1, -0.05) is 19.8 Å². The maximum Gasteiger partial charge on any atom is 0.206 e. The lowest BCUT2D eigenvalue weighted by atomic mass is 10.2. The Hall–Kier alpha value is -1.24. The van der Waals surface area contributed by atoms with Crippen LogP contribution >= 0.6 is 0 Å². The molecular weight excluding hydrogens is 164 g/mol. The fraction of sp³-hybridized carbons (Fsp3) is 0.778. The number of guanidine groups is 1. The van der Waals surface area contributed by atoms with E-state index in [1.807, 2.05) is 6.19 Å². The summed E-state index contributed by atoms with van der Waals surface area (Å²) < 4.78 is 0. The summed E-state index contributed by atoms with van der Waals surface area (Å²) >= 11 is 0. The SMILES string of the molecule is CCCCCN(C#N)C(=N)N(C)C. The molecule has 0 atom stereocenters. The second-order valence-electron chi connectivity index (χ2n) is 3.18. The molecule has 1 N–H and O–H groups in total. The normalized spacial score (nSPS) is 9.08. The van der Waals surface area contributed by atoms with Crippen LogP contribution in [0.3, 0.4) is 0 Å². The Morgan fingerprint density at radius 1 is 1.38 bits per heavy atom. The summed E-state index contributed by atoms with van der Waals surface area (Å²) in [4.78, 5) is 3.05. The Labute approximate surface area is 80.3 Å². The smallest absolute Gasteiger partial charge is 0.206 e. The number of nitrogens with zero attached hydrogens (tertiary/aromatic N) is 3. The van der Waals surface area contributed by atoms with Crippen LogP contribution in [0.25, 0.3) is 0 Å². The maximum atomic E-state index is 8.75. The van der Waals surface area contributed by atoms with E-state index in [1.165, 1.54) is 4.90 Å². The molecule has 0 spiro atoms. The van der Waals surface area contributed by atoms with E-state index in [1.54, 1.807) is 19.0 Å². The lowest BCUT2D eigenvalue weighted by molar-refractivity contribution is 0.448. The standard InChI is InChI=1S/C9H18N4/c1-4-5-6-7-13(8-10)9(11)12(2)3/h11H,4-7H2,1-3H3. The van der Waals surface area contributed by atoms with Crippen molar-refractivity contribution in [2.75, 3.05) is 20.6 Å². The highest BCUT2D eigenvalue weighted by molar-refractivity contribution is 5.77. The first-order valence-electron chi connectivity index (χ1n) is 4.56. The summed E-state index contributed by atoms with van der Waals surface area (Å²) in [6, 6.07) is 0. The van der Waals surface area contributed by atoms with Crippen LogP contribution in [0, 0.1) is 16.9 Å². The quantitative estimate of drug-likeness (QED) is 0.235. The molecule has 4 nitrogen and oxygen atoms in total. The molecule has 0 unspecified atom stereocenters. The van der Waals surface area contributed by atoms with Gasteiger partial charge >= 0.3 is 0 Å². The molecule has 13 heavy (non-hydrogen) atoms. The van der Waals surface area contributed by atoms with Crippen LogP contribution in [0.4, 0.5) is 0 Å². The second-order valence-corrected chi connectivity index (χ2v) is 3.18. The van der Waals surface area contributed by atoms with Crippen molar-refractivity contribution in [2.24, 2.45) is 0 Å². The van der Waals surface area contributed by atoms with E-state index in [2.05, 4.69) is 6.92 Å². The van der Waals surface area contributed by atoms with Crippen molar-refractivity contribution in [3.05, 3.63) is 0 Å². The van der Waals surface area contributed by atoms with Gasteiger partial charge in [0, 0.05) is 20.6 Å². The van der Waals surface area contributed by atoms with Gasteiger partial charge in [-0.05, 0) is 6.42 Å². The number of hydrogen-bond acceptors (Lipinski definition) is 2. The van der Waals surface area contributed by atoms with E-state index < -0.39 is 0 Å². The highest BCUT2D eigenvalue weighted by Crippen LogP contribution is 1.98. The zero-order valence-corrected chi connectivity index (χ0v) is 8.67. The minimum absolute atomic E-state index is 0.263. The predicted octanol–water partition coefficient (Wildman–Crippen LogP) is 1.46. The third-order valence-electron chi connectivity index (χ3n) is 1.79. The van der Waals surface area contributed by atoms with Crippen molar-refractivity contribution in [2.45, 2.75) is 26.2 Å². The zero-order valence-electron chi connectivity index (χ0n) is 8.67. The molecule has 0 saturated heterocycles. The van der Waals surface area contributed by atoms with Gasteiger partial charge in [-0.25, -0.2) is 4.90 Å². The fourth-order valence-corrected chi connectivity index (χ4v) is 0.965. The largest absolute Gasteiger partial charge is 0.348 e. The highest BCUT2D eigenvalue weighted by Gasteiger charge is 2.09. The monoisotopic (exact) mass is 182 g/mol. The minimum Gasteiger partial charge on any atom is -0.348 e. The van der Waals surface area contributed by atoms with E-state index in [9.17, 15) is 0 Å². The molecular formula is C9H18N4. The van der Waals surface area contributed by atoms with Gasteiger partial charge in [-0.15, -0.1) is 0 Å². The number of nitrogens with one attached hydrogen (secondary N) is 1. The first-order chi connectivity index (χ1) is 6.13. The summed E-state index contributed by atoms with van der Waals surface area (Å²) in [5.41, 5.74) is 0. The molecule has 0 bridgehead atoms. The molecule has 4 heteroatoms. The molecule has 0 fully saturated rings. The Morgan fingerprint density at radius 2 is 2.00 bits per heavy atom. The summed E-state index contributed by atoms with van der Waals surface area (Å²) in [6.07, 6.45) is 5.23. The number of unbranched alkanes of at least 4 members (excludes halogenated alkanes) is 2. The molecule has 0 amide bonds. The summed E-state index contributed by atoms with van der Waals surface area (Å²) in [5.74, 6) is 0.263. The Bertz CT molecular complexity index is 192. The number of hydrogen-bond donors (Lipinski definition) is 1. The van der Waals surface area contributed by atoms with Crippen LogP contribution in [0.15, 0.2) is 0 Å². The van der Waals surface area contributed by atoms with E-state index in [0.29, 0.717) is 6.54 Å². The first kappa shape index (κ1) is 11.8. The average molecular weight is 182 g/mol. The van der Waals surface area contributed by atoms with Gasteiger partial charge in [0.25, 0.3) is 0 Å². The lowest BCUT2D eigenvalue weighted by Crippen LogP contribution is -2.37. The molecule has 0 aliphatic carbocycles. The van der Waals surface area contributed by atoms with Gasteiger partial charge in [-0.2, -0.15) is 5.26 Å². The number of rotatable bonds is 4. The maximum absolute atomic E-state index is 8.75. The minimum atomic E-state index is 0.263. The Kier molecular flexibility index (Phi) is 5.69. The highest BCUT2D eigenvalue weighted by atomic mass is 15.3. The molecule has 0 radical (unpaired) electrons. The van der Waals surface area contributed by atoms with E-state index in [0.717, 1.165) is 19.3 Å². The van der Waals surface area contributed by atoms with Gasteiger partial charge < -0.3 is 4.90 Å². The van der Waals surface area contributed by atoms with Crippen molar-refractivity contribution < 1.29 is 0 Å². The van der Waals surface area contributed by atoms with E-state index in [-0.39, 0.29) is 5.96 Å². The molecule has 0 rings (SSSR count). The summed E-state index contributed by atoms with van der Waals surface area (Å²) in [5, 5.41) is 16.3. The zero-order chi connectivity index (χ0) is 10.3. The van der Waals surface area contributed by atoms with Crippen LogP contribution in [0.2, 0.25) is 0 Å². The average Bonchev–Trinajstić information content (AvgIpc) is 2.11. The molecule has 0 heterocycles. The Morgan fingerprint density at radius 3 is 2.38 bits per heavy atom. The van der Waals surface area contributed by atoms with Crippen molar-refractivity contribution in [3.63, 3.8) is 0 Å². The topological polar surface area (TPSA) is 54.1 Å². The predicted molar refractivity (Wildman–Crippen MR) is 53.3 cm³/mol. The van der Waals surface area contributed by atoms with Crippen LogP contribution in [0.5, 0.6) is 0 Å². The Balaban J connectivity index is 3.91. The molecule has 0 saturated carbocycles. The van der Waals surface area contributed by atoms with Gasteiger partial charge in [0.2, 0.25) is 5.96 Å². The van der Waals surface area contributed by atoms with Crippen molar-refractivity contribution in [1.29, 1.82) is 10.7 Å². The molecule has 0 aliphatic heterocycles. The second kappa shape index (κ2) is 6.30. The lowest BCUT2D eigenvalue weighted by Gasteiger charge is -2.21. The number of nitriles is 1. The van der Waals surface area contributed by atoms with Gasteiger partial charge in [0.05, 0.1) is 0 Å². The van der Waals surface area contributed by atoms with Gasteiger partial charge in [-0.3, -0.25) is 5.41 Å². The van der Waals surface area contributed by atoms with E-state index in [4.69, 9.17) is 10.7 Å². The van der Waals surface area contributed by atoms with Crippen LogP contribution in [-0.4, -0.2) is 36.4 Å². The van der Waals surface area contributed by atoms with Crippen molar-refractivity contribution >= 4 is 5.96 Å². The van der Waals surface area contributed by atoms with Gasteiger partial charge in [0.1, 0.15) is 0 Å². The first-order valence-corrected chi connectivity index (χ1v) is 4.56. The third-order valence-corrected chi connectivity index (χ3v) is 1.79. The molecule has 0 aromatic rings. The molecule has 0 aliphatic rings. The molecule has 0 aromatic heterocycles. The van der Waals surface area contributed by atoms with Crippen LogP contribution < -0.4 is 0 Å². The summed E-state index contributed by atoms with van der Waals surface area (Å²) in [7, 11) is 3.54. The summed E-state index contributed by atoms with van der Waals surface area (Å²) in [6.45, 7) is 2.77.